The average Bonchev–Trinajstić information content (AvgIpc) is 2.85. The summed E-state index contributed by atoms with van der Waals surface area (Å²) in [5.74, 6) is 0.694. The molecule has 0 radical (unpaired) electrons. The molecule has 1 aliphatic rings. The highest BCUT2D eigenvalue weighted by molar-refractivity contribution is 5.82. The number of aliphatic hydroxyl groups is 1. The predicted molar refractivity (Wildman–Crippen MR) is 72.0 cm³/mol. The number of β-amino-alcohol motifs (C(OH)–C–C–N with tert-alkyl or cyclic N) is 1. The number of benzene rings is 1. The molecule has 0 aliphatic carbocycles. The van der Waals surface area contributed by atoms with Gasteiger partial charge in [0.2, 0.25) is 5.91 Å². The van der Waals surface area contributed by atoms with Crippen molar-refractivity contribution in [1.82, 2.24) is 10.6 Å². The van der Waals surface area contributed by atoms with Crippen molar-refractivity contribution in [1.29, 1.82) is 0 Å². The largest absolute Gasteiger partial charge is 0.497 e. The molecule has 3 N–H and O–H groups in total. The Morgan fingerprint density at radius 2 is 2.37 bits per heavy atom. The molecule has 1 amide bonds. The van der Waals surface area contributed by atoms with E-state index in [1.165, 1.54) is 0 Å². The Morgan fingerprint density at radius 3 is 3.00 bits per heavy atom. The molecule has 1 aromatic rings. The van der Waals surface area contributed by atoms with E-state index in [2.05, 4.69) is 10.6 Å². The van der Waals surface area contributed by atoms with Gasteiger partial charge < -0.3 is 20.5 Å². The molecular formula is C14H20N2O3. The van der Waals surface area contributed by atoms with Crippen molar-refractivity contribution >= 4 is 5.91 Å². The van der Waals surface area contributed by atoms with Crippen LogP contribution in [0.15, 0.2) is 24.3 Å². The third-order valence-corrected chi connectivity index (χ3v) is 3.38. The van der Waals surface area contributed by atoms with Crippen LogP contribution in [0.3, 0.4) is 0 Å². The molecule has 0 bridgehead atoms. The average molecular weight is 264 g/mol. The quantitative estimate of drug-likeness (QED) is 0.744. The summed E-state index contributed by atoms with van der Waals surface area (Å²) >= 11 is 0. The second-order valence-electron chi connectivity index (χ2n) is 4.86. The summed E-state index contributed by atoms with van der Waals surface area (Å²) in [4.78, 5) is 12.0. The lowest BCUT2D eigenvalue weighted by atomic mass is 10.1. The smallest absolute Gasteiger partial charge is 0.237 e. The van der Waals surface area contributed by atoms with E-state index < -0.39 is 6.10 Å². The van der Waals surface area contributed by atoms with Crippen molar-refractivity contribution < 1.29 is 14.6 Å². The monoisotopic (exact) mass is 264 g/mol. The van der Waals surface area contributed by atoms with Crippen LogP contribution >= 0.6 is 0 Å². The molecule has 3 unspecified atom stereocenters. The molecule has 1 aliphatic heterocycles. The van der Waals surface area contributed by atoms with Crippen LogP contribution < -0.4 is 15.4 Å². The van der Waals surface area contributed by atoms with Gasteiger partial charge in [0.1, 0.15) is 5.75 Å². The SMILES string of the molecule is COc1cccc(C(C)NC(=O)C2CC(O)CN2)c1. The molecule has 2 rings (SSSR count). The van der Waals surface area contributed by atoms with E-state index >= 15 is 0 Å². The molecule has 1 aromatic carbocycles. The third kappa shape index (κ3) is 3.45. The zero-order chi connectivity index (χ0) is 13.8. The predicted octanol–water partition coefficient (Wildman–Crippen LogP) is 0.595. The molecular weight excluding hydrogens is 244 g/mol. The molecule has 3 atom stereocenters. The minimum absolute atomic E-state index is 0.0770. The molecule has 19 heavy (non-hydrogen) atoms. The van der Waals surface area contributed by atoms with Crippen LogP contribution in [0.1, 0.15) is 24.9 Å². The van der Waals surface area contributed by atoms with E-state index in [1.54, 1.807) is 7.11 Å². The Bertz CT molecular complexity index is 450. The van der Waals surface area contributed by atoms with Gasteiger partial charge in [-0.1, -0.05) is 12.1 Å². The standard InChI is InChI=1S/C14H20N2O3/c1-9(10-4-3-5-12(6-10)19-2)16-14(18)13-7-11(17)8-15-13/h3-6,9,11,13,15,17H,7-8H2,1-2H3,(H,16,18). The van der Waals surface area contributed by atoms with Gasteiger partial charge >= 0.3 is 0 Å². The van der Waals surface area contributed by atoms with Gasteiger partial charge in [0.05, 0.1) is 25.3 Å². The summed E-state index contributed by atoms with van der Waals surface area (Å²) in [6.07, 6.45) is 0.0410. The number of ether oxygens (including phenoxy) is 1. The number of hydrogen-bond acceptors (Lipinski definition) is 4. The second-order valence-corrected chi connectivity index (χ2v) is 4.86. The van der Waals surface area contributed by atoms with Gasteiger partial charge in [0, 0.05) is 6.54 Å². The van der Waals surface area contributed by atoms with Crippen molar-refractivity contribution in [3.8, 4) is 5.75 Å². The summed E-state index contributed by atoms with van der Waals surface area (Å²) in [6.45, 7) is 2.41. The number of rotatable bonds is 4. The highest BCUT2D eigenvalue weighted by Gasteiger charge is 2.28. The van der Waals surface area contributed by atoms with E-state index in [9.17, 15) is 9.90 Å². The topological polar surface area (TPSA) is 70.6 Å². The van der Waals surface area contributed by atoms with Crippen LogP contribution in [0, 0.1) is 0 Å². The Labute approximate surface area is 113 Å². The highest BCUT2D eigenvalue weighted by atomic mass is 16.5. The Kier molecular flexibility index (Phi) is 4.39. The lowest BCUT2D eigenvalue weighted by Crippen LogP contribution is -2.41. The highest BCUT2D eigenvalue weighted by Crippen LogP contribution is 2.19. The molecule has 0 aromatic heterocycles. The molecule has 0 spiro atoms. The van der Waals surface area contributed by atoms with Crippen molar-refractivity contribution in [2.24, 2.45) is 0 Å². The maximum absolute atomic E-state index is 12.0. The molecule has 5 heteroatoms. The van der Waals surface area contributed by atoms with E-state index in [-0.39, 0.29) is 18.0 Å². The van der Waals surface area contributed by atoms with Crippen molar-refractivity contribution in [2.45, 2.75) is 31.5 Å². The summed E-state index contributed by atoms with van der Waals surface area (Å²) in [5, 5.41) is 15.3. The first-order valence-electron chi connectivity index (χ1n) is 6.46. The van der Waals surface area contributed by atoms with Crippen LogP contribution in [0.25, 0.3) is 0 Å². The van der Waals surface area contributed by atoms with E-state index in [0.717, 1.165) is 11.3 Å². The maximum atomic E-state index is 12.0. The van der Waals surface area contributed by atoms with Crippen LogP contribution in [0.5, 0.6) is 5.75 Å². The number of methoxy groups -OCH3 is 1. The van der Waals surface area contributed by atoms with Crippen molar-refractivity contribution in [3.05, 3.63) is 29.8 Å². The summed E-state index contributed by atoms with van der Waals surface area (Å²) in [5.41, 5.74) is 0.992. The Morgan fingerprint density at radius 1 is 1.58 bits per heavy atom. The number of carbonyl (C=O) groups excluding carboxylic acids is 1. The first-order valence-corrected chi connectivity index (χ1v) is 6.46. The molecule has 104 valence electrons. The van der Waals surface area contributed by atoms with E-state index in [0.29, 0.717) is 13.0 Å². The Balaban J connectivity index is 1.96. The molecule has 1 fully saturated rings. The Hall–Kier alpha value is -1.59. The number of carbonyl (C=O) groups is 1. The second kappa shape index (κ2) is 6.04. The molecule has 1 saturated heterocycles. The van der Waals surface area contributed by atoms with Crippen LogP contribution in [-0.2, 0) is 4.79 Å². The van der Waals surface area contributed by atoms with Crippen molar-refractivity contribution in [3.63, 3.8) is 0 Å². The maximum Gasteiger partial charge on any atom is 0.237 e. The summed E-state index contributed by atoms with van der Waals surface area (Å²) in [7, 11) is 1.62. The number of nitrogens with one attached hydrogen (secondary N) is 2. The zero-order valence-corrected chi connectivity index (χ0v) is 11.2. The molecule has 0 saturated carbocycles. The summed E-state index contributed by atoms with van der Waals surface area (Å²) in [6, 6.07) is 7.22. The normalized spacial score (nSPS) is 23.9. The molecule has 1 heterocycles. The van der Waals surface area contributed by atoms with E-state index in [1.807, 2.05) is 31.2 Å². The first-order chi connectivity index (χ1) is 9.10. The fourth-order valence-corrected chi connectivity index (χ4v) is 2.22. The van der Waals surface area contributed by atoms with Gasteiger partial charge in [0.15, 0.2) is 0 Å². The zero-order valence-electron chi connectivity index (χ0n) is 11.2. The van der Waals surface area contributed by atoms with Gasteiger partial charge in [0.25, 0.3) is 0 Å². The fraction of sp³-hybridized carbons (Fsp3) is 0.500. The lowest BCUT2D eigenvalue weighted by Gasteiger charge is -2.18. The van der Waals surface area contributed by atoms with E-state index in [4.69, 9.17) is 4.74 Å². The number of aliphatic hydroxyl groups excluding tert-OH is 1. The van der Waals surface area contributed by atoms with Gasteiger partial charge in [-0.2, -0.15) is 0 Å². The third-order valence-electron chi connectivity index (χ3n) is 3.38. The number of hydrogen-bond donors (Lipinski definition) is 3. The molecule has 5 nitrogen and oxygen atoms in total. The number of amides is 1. The van der Waals surface area contributed by atoms with Gasteiger partial charge in [-0.05, 0) is 31.0 Å². The van der Waals surface area contributed by atoms with Crippen LogP contribution in [0.2, 0.25) is 0 Å². The van der Waals surface area contributed by atoms with Crippen molar-refractivity contribution in [2.75, 3.05) is 13.7 Å². The minimum atomic E-state index is -0.428. The first kappa shape index (κ1) is 13.8. The fourth-order valence-electron chi connectivity index (χ4n) is 2.22. The van der Waals surface area contributed by atoms with Gasteiger partial charge in [-0.3, -0.25) is 4.79 Å². The van der Waals surface area contributed by atoms with Gasteiger partial charge in [-0.15, -0.1) is 0 Å². The minimum Gasteiger partial charge on any atom is -0.497 e. The van der Waals surface area contributed by atoms with Crippen LogP contribution in [0.4, 0.5) is 0 Å². The van der Waals surface area contributed by atoms with Gasteiger partial charge in [-0.25, -0.2) is 0 Å². The lowest BCUT2D eigenvalue weighted by molar-refractivity contribution is -0.123. The van der Waals surface area contributed by atoms with Crippen LogP contribution in [-0.4, -0.2) is 36.8 Å². The summed E-state index contributed by atoms with van der Waals surface area (Å²) < 4.78 is 5.17.